The number of fused-ring (bicyclic) bond motifs is 2. The number of aromatic nitrogens is 2. The molecular formula is C18H11BrN4O2. The van der Waals surface area contributed by atoms with Gasteiger partial charge in [0.2, 0.25) is 0 Å². The number of nitrogens with two attached hydrogens (primary N) is 1. The molecule has 1 atom stereocenters. The van der Waals surface area contributed by atoms with Gasteiger partial charge in [0.15, 0.2) is 0 Å². The molecule has 0 spiro atoms. The van der Waals surface area contributed by atoms with Gasteiger partial charge in [-0.3, -0.25) is 9.59 Å². The van der Waals surface area contributed by atoms with E-state index in [2.05, 4.69) is 22.0 Å². The van der Waals surface area contributed by atoms with E-state index in [0.717, 1.165) is 9.15 Å². The summed E-state index contributed by atoms with van der Waals surface area (Å²) < 4.78 is 3.24. The van der Waals surface area contributed by atoms with Crippen molar-refractivity contribution in [3.8, 4) is 6.07 Å². The molecule has 0 radical (unpaired) electrons. The lowest BCUT2D eigenvalue weighted by Crippen LogP contribution is -2.38. The van der Waals surface area contributed by atoms with Crippen LogP contribution in [0.5, 0.6) is 0 Å². The van der Waals surface area contributed by atoms with E-state index in [-0.39, 0.29) is 22.3 Å². The maximum Gasteiger partial charge on any atom is 0.279 e. The maximum absolute atomic E-state index is 13.0. The van der Waals surface area contributed by atoms with Crippen molar-refractivity contribution in [2.75, 3.05) is 0 Å². The van der Waals surface area contributed by atoms with Crippen LogP contribution in [0, 0.1) is 11.3 Å². The number of hydrogen-bond acceptors (Lipinski definition) is 4. The predicted molar refractivity (Wildman–Crippen MR) is 97.8 cm³/mol. The second kappa shape index (κ2) is 5.46. The topological polar surface area (TPSA) is 93.8 Å². The van der Waals surface area contributed by atoms with Gasteiger partial charge < -0.3 is 5.73 Å². The zero-order valence-corrected chi connectivity index (χ0v) is 14.4. The summed E-state index contributed by atoms with van der Waals surface area (Å²) in [5, 5.41) is 10.2. The average Bonchev–Trinajstić information content (AvgIpc) is 2.93. The number of benzene rings is 2. The lowest BCUT2D eigenvalue weighted by molar-refractivity contribution is 0.539. The summed E-state index contributed by atoms with van der Waals surface area (Å²) in [6, 6.07) is 15.1. The molecule has 6 nitrogen and oxygen atoms in total. The summed E-state index contributed by atoms with van der Waals surface area (Å²) >= 11 is 3.36. The molecular weight excluding hydrogens is 384 g/mol. The fourth-order valence-corrected chi connectivity index (χ4v) is 3.45. The minimum absolute atomic E-state index is 0.0109. The van der Waals surface area contributed by atoms with E-state index in [1.165, 1.54) is 4.68 Å². The third kappa shape index (κ3) is 2.08. The van der Waals surface area contributed by atoms with Crippen LogP contribution < -0.4 is 16.9 Å². The second-order valence-electron chi connectivity index (χ2n) is 5.68. The predicted octanol–water partition coefficient (Wildman–Crippen LogP) is 2.18. The van der Waals surface area contributed by atoms with Crippen molar-refractivity contribution in [1.29, 1.82) is 5.26 Å². The summed E-state index contributed by atoms with van der Waals surface area (Å²) in [6.07, 6.45) is 0. The molecule has 0 fully saturated rings. The highest BCUT2D eigenvalue weighted by atomic mass is 79.9. The Labute approximate surface area is 150 Å². The summed E-state index contributed by atoms with van der Waals surface area (Å²) in [7, 11) is 0. The van der Waals surface area contributed by atoms with Gasteiger partial charge in [-0.25, -0.2) is 4.68 Å². The molecule has 1 aromatic heterocycles. The Balaban J connectivity index is 2.15. The Morgan fingerprint density at radius 1 is 1.00 bits per heavy atom. The van der Waals surface area contributed by atoms with Gasteiger partial charge in [0.1, 0.15) is 23.5 Å². The van der Waals surface area contributed by atoms with Crippen molar-refractivity contribution in [2.24, 2.45) is 5.73 Å². The first-order valence-corrected chi connectivity index (χ1v) is 8.26. The van der Waals surface area contributed by atoms with E-state index in [1.807, 2.05) is 12.1 Å². The van der Waals surface area contributed by atoms with Crippen molar-refractivity contribution in [3.63, 3.8) is 0 Å². The van der Waals surface area contributed by atoms with Crippen LogP contribution in [0.4, 0.5) is 0 Å². The molecule has 1 aliphatic rings. The fourth-order valence-electron chi connectivity index (χ4n) is 3.19. The lowest BCUT2D eigenvalue weighted by atomic mass is 10.0. The first kappa shape index (κ1) is 15.4. The minimum Gasteiger partial charge on any atom is -0.383 e. The first-order valence-electron chi connectivity index (χ1n) is 7.46. The van der Waals surface area contributed by atoms with Crippen molar-refractivity contribution >= 4 is 32.5 Å². The van der Waals surface area contributed by atoms with Crippen molar-refractivity contribution < 1.29 is 0 Å². The molecule has 2 heterocycles. The van der Waals surface area contributed by atoms with E-state index in [9.17, 15) is 14.9 Å². The van der Waals surface area contributed by atoms with Crippen LogP contribution in [0.15, 0.2) is 68.2 Å². The highest BCUT2D eigenvalue weighted by Gasteiger charge is 2.34. The van der Waals surface area contributed by atoms with Crippen LogP contribution in [-0.4, -0.2) is 9.36 Å². The third-order valence-corrected chi connectivity index (χ3v) is 4.86. The lowest BCUT2D eigenvalue weighted by Gasteiger charge is -2.16. The molecule has 25 heavy (non-hydrogen) atoms. The van der Waals surface area contributed by atoms with Crippen molar-refractivity contribution in [2.45, 2.75) is 6.04 Å². The van der Waals surface area contributed by atoms with Crippen LogP contribution in [0.25, 0.3) is 16.6 Å². The van der Waals surface area contributed by atoms with Gasteiger partial charge >= 0.3 is 0 Å². The van der Waals surface area contributed by atoms with Gasteiger partial charge in [-0.1, -0.05) is 40.2 Å². The van der Waals surface area contributed by atoms with E-state index in [4.69, 9.17) is 5.73 Å². The molecule has 1 aliphatic heterocycles. The Kier molecular flexibility index (Phi) is 3.37. The molecule has 2 N–H and O–H groups in total. The highest BCUT2D eigenvalue weighted by Crippen LogP contribution is 2.32. The molecule has 0 saturated carbocycles. The van der Waals surface area contributed by atoms with Crippen LogP contribution in [0.2, 0.25) is 0 Å². The zero-order valence-electron chi connectivity index (χ0n) is 12.8. The minimum atomic E-state index is -0.733. The monoisotopic (exact) mass is 394 g/mol. The fraction of sp³-hybridized carbons (Fsp3) is 0.0556. The highest BCUT2D eigenvalue weighted by molar-refractivity contribution is 9.10. The number of halogens is 1. The molecule has 0 bridgehead atoms. The standard InChI is InChI=1S/C18H11BrN4O2/c19-11-7-5-10(6-8-11)15-14(9-20)16(21)23-18(25)13-4-2-1-3-12(13)17(24)22(15)23/h1-8,15H,21H2. The molecule has 2 aromatic carbocycles. The van der Waals surface area contributed by atoms with Gasteiger partial charge in [-0.05, 0) is 29.8 Å². The van der Waals surface area contributed by atoms with E-state index >= 15 is 0 Å². The van der Waals surface area contributed by atoms with E-state index in [1.54, 1.807) is 36.4 Å². The summed E-state index contributed by atoms with van der Waals surface area (Å²) in [5.41, 5.74) is 6.17. The molecule has 0 amide bonds. The van der Waals surface area contributed by atoms with E-state index in [0.29, 0.717) is 10.9 Å². The molecule has 0 saturated heterocycles. The largest absolute Gasteiger partial charge is 0.383 e. The second-order valence-corrected chi connectivity index (χ2v) is 6.59. The zero-order chi connectivity index (χ0) is 17.7. The molecule has 7 heteroatoms. The number of allylic oxidation sites excluding steroid dienone is 1. The maximum atomic E-state index is 13.0. The Morgan fingerprint density at radius 3 is 2.20 bits per heavy atom. The van der Waals surface area contributed by atoms with Gasteiger partial charge in [0.25, 0.3) is 11.1 Å². The molecule has 3 aromatic rings. The molecule has 1 unspecified atom stereocenters. The Bertz CT molecular complexity index is 1210. The van der Waals surface area contributed by atoms with Crippen LogP contribution >= 0.6 is 15.9 Å². The van der Waals surface area contributed by atoms with Gasteiger partial charge in [0.05, 0.1) is 10.8 Å². The quantitative estimate of drug-likeness (QED) is 0.684. The number of hydrogen-bond donors (Lipinski definition) is 1. The van der Waals surface area contributed by atoms with Crippen LogP contribution in [0.3, 0.4) is 0 Å². The van der Waals surface area contributed by atoms with Gasteiger partial charge in [-0.2, -0.15) is 9.94 Å². The average molecular weight is 395 g/mol. The summed E-state index contributed by atoms with van der Waals surface area (Å²) in [5.74, 6) is -0.0109. The number of nitriles is 1. The Morgan fingerprint density at radius 2 is 1.60 bits per heavy atom. The smallest absolute Gasteiger partial charge is 0.279 e. The molecule has 122 valence electrons. The third-order valence-electron chi connectivity index (χ3n) is 4.33. The number of rotatable bonds is 1. The van der Waals surface area contributed by atoms with Crippen molar-refractivity contribution in [1.82, 2.24) is 9.36 Å². The normalized spacial score (nSPS) is 16.1. The number of nitrogens with zero attached hydrogens (tertiary/aromatic N) is 3. The Hall–Kier alpha value is -3.11. The van der Waals surface area contributed by atoms with Gasteiger partial charge in [0, 0.05) is 4.47 Å². The van der Waals surface area contributed by atoms with Gasteiger partial charge in [-0.15, -0.1) is 0 Å². The summed E-state index contributed by atoms with van der Waals surface area (Å²) in [6.45, 7) is 0. The first-order chi connectivity index (χ1) is 12.0. The summed E-state index contributed by atoms with van der Waals surface area (Å²) in [4.78, 5) is 25.9. The van der Waals surface area contributed by atoms with Crippen molar-refractivity contribution in [3.05, 3.63) is 84.8 Å². The van der Waals surface area contributed by atoms with Crippen LogP contribution in [-0.2, 0) is 0 Å². The molecule has 4 rings (SSSR count). The van der Waals surface area contributed by atoms with E-state index < -0.39 is 11.6 Å². The van der Waals surface area contributed by atoms with Crippen LogP contribution in [0.1, 0.15) is 11.6 Å². The SMILES string of the molecule is N#CC1=C(N)n2c(=O)c3ccccc3c(=O)n2C1c1ccc(Br)cc1. The molecule has 0 aliphatic carbocycles.